The van der Waals surface area contributed by atoms with Crippen molar-refractivity contribution in [1.82, 2.24) is 4.98 Å². The van der Waals surface area contributed by atoms with Gasteiger partial charge in [0.2, 0.25) is 0 Å². The van der Waals surface area contributed by atoms with E-state index in [1.165, 1.54) is 9.13 Å². The van der Waals surface area contributed by atoms with Gasteiger partial charge in [0.15, 0.2) is 0 Å². The van der Waals surface area contributed by atoms with Gasteiger partial charge >= 0.3 is 0 Å². The van der Waals surface area contributed by atoms with Gasteiger partial charge in [-0.25, -0.2) is 0 Å². The zero-order valence-corrected chi connectivity index (χ0v) is 12.1. The average molecular weight is 338 g/mol. The van der Waals surface area contributed by atoms with Crippen LogP contribution in [0.4, 0.5) is 5.69 Å². The number of halogens is 1. The van der Waals surface area contributed by atoms with Crippen LogP contribution in [-0.2, 0) is 0 Å². The Labute approximate surface area is 116 Å². The van der Waals surface area contributed by atoms with E-state index in [0.29, 0.717) is 0 Å². The topological polar surface area (TPSA) is 24.9 Å². The van der Waals surface area contributed by atoms with E-state index in [1.807, 2.05) is 19.2 Å². The third-order valence-electron chi connectivity index (χ3n) is 2.66. The largest absolute Gasteiger partial charge is 0.377 e. The highest BCUT2D eigenvalue weighted by Crippen LogP contribution is 2.19. The molecule has 0 saturated heterocycles. The fourth-order valence-corrected chi connectivity index (χ4v) is 2.00. The molecule has 1 aromatic heterocycles. The lowest BCUT2D eigenvalue weighted by atomic mass is 10.1. The van der Waals surface area contributed by atoms with E-state index in [9.17, 15) is 0 Å². The second kappa shape index (κ2) is 5.49. The normalized spacial score (nSPS) is 12.2. The van der Waals surface area contributed by atoms with Crippen molar-refractivity contribution in [3.8, 4) is 0 Å². The molecule has 0 spiro atoms. The minimum absolute atomic E-state index is 0.288. The molecule has 0 aliphatic rings. The molecule has 1 aromatic carbocycles. The quantitative estimate of drug-likeness (QED) is 0.850. The highest BCUT2D eigenvalue weighted by molar-refractivity contribution is 14.1. The van der Waals surface area contributed by atoms with E-state index in [-0.39, 0.29) is 6.04 Å². The van der Waals surface area contributed by atoms with Crippen LogP contribution >= 0.6 is 22.6 Å². The molecule has 0 aliphatic heterocycles. The van der Waals surface area contributed by atoms with Crippen molar-refractivity contribution in [3.63, 3.8) is 0 Å². The molecule has 1 heterocycles. The molecule has 0 radical (unpaired) electrons. The van der Waals surface area contributed by atoms with Crippen LogP contribution in [0.2, 0.25) is 0 Å². The summed E-state index contributed by atoms with van der Waals surface area (Å²) in [5, 5.41) is 3.44. The fraction of sp³-hybridized carbons (Fsp3) is 0.214. The van der Waals surface area contributed by atoms with E-state index < -0.39 is 0 Å². The van der Waals surface area contributed by atoms with Gasteiger partial charge in [0.1, 0.15) is 0 Å². The lowest BCUT2D eigenvalue weighted by molar-refractivity contribution is 0.882. The van der Waals surface area contributed by atoms with Crippen molar-refractivity contribution in [1.29, 1.82) is 0 Å². The zero-order valence-electron chi connectivity index (χ0n) is 9.94. The number of nitrogens with zero attached hydrogens (tertiary/aromatic N) is 1. The van der Waals surface area contributed by atoms with Crippen LogP contribution in [0.1, 0.15) is 24.2 Å². The van der Waals surface area contributed by atoms with Gasteiger partial charge in [-0.15, -0.1) is 0 Å². The van der Waals surface area contributed by atoms with Crippen LogP contribution in [0.5, 0.6) is 0 Å². The van der Waals surface area contributed by atoms with Gasteiger partial charge in [-0.2, -0.15) is 0 Å². The number of anilines is 1. The molecule has 3 heteroatoms. The van der Waals surface area contributed by atoms with Crippen molar-refractivity contribution in [2.75, 3.05) is 5.32 Å². The minimum Gasteiger partial charge on any atom is -0.377 e. The molecule has 1 N–H and O–H groups in total. The third kappa shape index (κ3) is 3.43. The molecule has 0 saturated carbocycles. The van der Waals surface area contributed by atoms with E-state index in [4.69, 9.17) is 0 Å². The highest BCUT2D eigenvalue weighted by atomic mass is 127. The summed E-state index contributed by atoms with van der Waals surface area (Å²) < 4.78 is 1.26. The summed E-state index contributed by atoms with van der Waals surface area (Å²) in [6, 6.07) is 12.9. The minimum atomic E-state index is 0.288. The highest BCUT2D eigenvalue weighted by Gasteiger charge is 2.04. The van der Waals surface area contributed by atoms with Crippen LogP contribution in [0.3, 0.4) is 0 Å². The van der Waals surface area contributed by atoms with Gasteiger partial charge in [0.05, 0.1) is 11.9 Å². The first-order valence-corrected chi connectivity index (χ1v) is 6.67. The summed E-state index contributed by atoms with van der Waals surface area (Å²) in [6.07, 6.45) is 1.87. The predicted molar refractivity (Wildman–Crippen MR) is 80.2 cm³/mol. The zero-order chi connectivity index (χ0) is 12.3. The van der Waals surface area contributed by atoms with Crippen LogP contribution in [0.25, 0.3) is 0 Å². The molecule has 88 valence electrons. The maximum absolute atomic E-state index is 4.28. The fourth-order valence-electron chi connectivity index (χ4n) is 1.64. The van der Waals surface area contributed by atoms with Gasteiger partial charge in [-0.05, 0) is 66.3 Å². The second-order valence-corrected chi connectivity index (χ2v) is 5.35. The predicted octanol–water partition coefficient (Wildman–Crippen LogP) is 4.17. The lowest BCUT2D eigenvalue weighted by Crippen LogP contribution is -2.06. The maximum Gasteiger partial charge on any atom is 0.0531 e. The second-order valence-electron chi connectivity index (χ2n) is 4.11. The van der Waals surface area contributed by atoms with Gasteiger partial charge < -0.3 is 5.32 Å². The summed E-state index contributed by atoms with van der Waals surface area (Å²) >= 11 is 2.32. The van der Waals surface area contributed by atoms with Crippen molar-refractivity contribution in [2.45, 2.75) is 19.9 Å². The molecule has 17 heavy (non-hydrogen) atoms. The number of rotatable bonds is 3. The Morgan fingerprint density at radius 1 is 1.12 bits per heavy atom. The summed E-state index contributed by atoms with van der Waals surface area (Å²) in [4.78, 5) is 4.28. The Kier molecular flexibility index (Phi) is 3.99. The summed E-state index contributed by atoms with van der Waals surface area (Å²) in [7, 11) is 0. The van der Waals surface area contributed by atoms with Crippen LogP contribution in [0.15, 0.2) is 42.6 Å². The Morgan fingerprint density at radius 3 is 2.41 bits per heavy atom. The molecule has 1 unspecified atom stereocenters. The van der Waals surface area contributed by atoms with E-state index in [1.54, 1.807) is 0 Å². The Balaban J connectivity index is 2.08. The summed E-state index contributed by atoms with van der Waals surface area (Å²) in [6.45, 7) is 4.15. The Morgan fingerprint density at radius 2 is 1.82 bits per heavy atom. The van der Waals surface area contributed by atoms with Crippen LogP contribution in [0, 0.1) is 10.5 Å². The van der Waals surface area contributed by atoms with E-state index >= 15 is 0 Å². The Hall–Kier alpha value is -1.10. The monoisotopic (exact) mass is 338 g/mol. The molecule has 2 nitrogen and oxygen atoms in total. The van der Waals surface area contributed by atoms with Crippen molar-refractivity contribution in [3.05, 3.63) is 57.4 Å². The number of aryl methyl sites for hydroxylation is 1. The van der Waals surface area contributed by atoms with E-state index in [0.717, 1.165) is 11.4 Å². The van der Waals surface area contributed by atoms with Crippen LogP contribution < -0.4 is 5.32 Å². The number of aromatic nitrogens is 1. The standard InChI is InChI=1S/C14H15IN2/c1-10-3-8-14(9-16-10)17-11(2)12-4-6-13(15)7-5-12/h3-9,11,17H,1-2H3. The van der Waals surface area contributed by atoms with Crippen molar-refractivity contribution < 1.29 is 0 Å². The summed E-state index contributed by atoms with van der Waals surface area (Å²) in [5.41, 5.74) is 3.38. The SMILES string of the molecule is Cc1ccc(NC(C)c2ccc(I)cc2)cn1. The lowest BCUT2D eigenvalue weighted by Gasteiger charge is -2.15. The smallest absolute Gasteiger partial charge is 0.0531 e. The first-order valence-electron chi connectivity index (χ1n) is 5.60. The molecule has 0 fully saturated rings. The van der Waals surface area contributed by atoms with Crippen LogP contribution in [-0.4, -0.2) is 4.98 Å². The Bertz CT molecular complexity index is 477. The van der Waals surface area contributed by atoms with Gasteiger partial charge in [-0.3, -0.25) is 4.98 Å². The third-order valence-corrected chi connectivity index (χ3v) is 3.38. The van der Waals surface area contributed by atoms with Gasteiger partial charge in [-0.1, -0.05) is 12.1 Å². The first kappa shape index (κ1) is 12.4. The van der Waals surface area contributed by atoms with Gasteiger partial charge in [0, 0.05) is 15.3 Å². The number of pyridine rings is 1. The number of hydrogen-bond acceptors (Lipinski definition) is 2. The first-order chi connectivity index (χ1) is 8.15. The average Bonchev–Trinajstić information content (AvgIpc) is 2.33. The van der Waals surface area contributed by atoms with Gasteiger partial charge in [0.25, 0.3) is 0 Å². The molecular weight excluding hydrogens is 323 g/mol. The van der Waals surface area contributed by atoms with E-state index in [2.05, 4.69) is 70.1 Å². The molecule has 1 atom stereocenters. The maximum atomic E-state index is 4.28. The van der Waals surface area contributed by atoms with Crippen molar-refractivity contribution in [2.24, 2.45) is 0 Å². The number of hydrogen-bond donors (Lipinski definition) is 1. The molecule has 2 rings (SSSR count). The molecule has 2 aromatic rings. The number of benzene rings is 1. The number of nitrogens with one attached hydrogen (secondary N) is 1. The molecule has 0 aliphatic carbocycles. The summed E-state index contributed by atoms with van der Waals surface area (Å²) in [5.74, 6) is 0. The molecule has 0 bridgehead atoms. The molecular formula is C14H15IN2. The molecule has 0 amide bonds. The van der Waals surface area contributed by atoms with Crippen molar-refractivity contribution >= 4 is 28.3 Å².